The van der Waals surface area contributed by atoms with Crippen LogP contribution in [0, 0.1) is 12.8 Å². The molecule has 88 valence electrons. The Morgan fingerprint density at radius 2 is 2.31 bits per heavy atom. The van der Waals surface area contributed by atoms with E-state index in [0.29, 0.717) is 6.54 Å². The maximum Gasteiger partial charge on any atom is 0.223 e. The predicted octanol–water partition coefficient (Wildman–Crippen LogP) is 1.57. The Labute approximate surface area is 95.9 Å². The van der Waals surface area contributed by atoms with Gasteiger partial charge in [0.1, 0.15) is 5.82 Å². The third kappa shape index (κ3) is 2.84. The fourth-order valence-electron chi connectivity index (χ4n) is 2.25. The van der Waals surface area contributed by atoms with Gasteiger partial charge in [0, 0.05) is 30.8 Å². The summed E-state index contributed by atoms with van der Waals surface area (Å²) in [4.78, 5) is 19.0. The van der Waals surface area contributed by atoms with Gasteiger partial charge in [0.2, 0.25) is 5.91 Å². The van der Waals surface area contributed by atoms with Crippen molar-refractivity contribution in [2.75, 3.05) is 6.54 Å². The molecule has 1 aliphatic rings. The van der Waals surface area contributed by atoms with Gasteiger partial charge in [-0.15, -0.1) is 0 Å². The lowest BCUT2D eigenvalue weighted by Gasteiger charge is -2.09. The Hall–Kier alpha value is -1.32. The zero-order valence-electron chi connectivity index (χ0n) is 9.75. The number of hydrogen-bond acceptors (Lipinski definition) is 2. The quantitative estimate of drug-likeness (QED) is 0.810. The Kier molecular flexibility index (Phi) is 3.59. The summed E-state index contributed by atoms with van der Waals surface area (Å²) in [5.41, 5.74) is 1.09. The van der Waals surface area contributed by atoms with Gasteiger partial charge in [-0.05, 0) is 19.8 Å². The number of nitrogens with zero attached hydrogens (tertiary/aromatic N) is 1. The number of rotatable bonds is 4. The largest absolute Gasteiger partial charge is 0.355 e. The molecule has 1 aliphatic carbocycles. The van der Waals surface area contributed by atoms with Crippen molar-refractivity contribution in [3.8, 4) is 0 Å². The molecule has 1 aromatic heterocycles. The molecule has 0 atom stereocenters. The topological polar surface area (TPSA) is 57.8 Å². The van der Waals surface area contributed by atoms with Gasteiger partial charge in [0.15, 0.2) is 0 Å². The summed E-state index contributed by atoms with van der Waals surface area (Å²) in [5, 5.41) is 3.00. The number of aryl methyl sites for hydroxylation is 1. The molecule has 4 nitrogen and oxygen atoms in total. The van der Waals surface area contributed by atoms with Crippen LogP contribution in [0.1, 0.15) is 37.2 Å². The van der Waals surface area contributed by atoms with Gasteiger partial charge in [-0.3, -0.25) is 4.79 Å². The Morgan fingerprint density at radius 3 is 2.94 bits per heavy atom. The standard InChI is InChI=1S/C12H19N3O/c1-9-14-8-11(15-9)6-7-13-12(16)10-4-2-3-5-10/h8,10H,2-7H2,1H3,(H,13,16)(H,14,15). The number of aromatic amines is 1. The number of aromatic nitrogens is 2. The lowest BCUT2D eigenvalue weighted by atomic mass is 10.1. The molecule has 0 spiro atoms. The Balaban J connectivity index is 1.69. The average molecular weight is 221 g/mol. The summed E-state index contributed by atoms with van der Waals surface area (Å²) >= 11 is 0. The fraction of sp³-hybridized carbons (Fsp3) is 0.667. The lowest BCUT2D eigenvalue weighted by molar-refractivity contribution is -0.124. The van der Waals surface area contributed by atoms with E-state index in [1.54, 1.807) is 0 Å². The second-order valence-corrected chi connectivity index (χ2v) is 4.52. The Morgan fingerprint density at radius 1 is 1.56 bits per heavy atom. The molecule has 0 aliphatic heterocycles. The molecule has 0 aromatic carbocycles. The first kappa shape index (κ1) is 11.2. The molecular formula is C12H19N3O. The third-order valence-electron chi connectivity index (χ3n) is 3.18. The van der Waals surface area contributed by atoms with E-state index in [1.165, 1.54) is 12.8 Å². The number of nitrogens with one attached hydrogen (secondary N) is 2. The number of imidazole rings is 1. The summed E-state index contributed by atoms with van der Waals surface area (Å²) in [6, 6.07) is 0. The number of carbonyl (C=O) groups excluding carboxylic acids is 1. The van der Waals surface area contributed by atoms with Crippen LogP contribution >= 0.6 is 0 Å². The molecule has 0 saturated heterocycles. The molecule has 1 fully saturated rings. The summed E-state index contributed by atoms with van der Waals surface area (Å²) in [7, 11) is 0. The predicted molar refractivity (Wildman–Crippen MR) is 62.0 cm³/mol. The minimum absolute atomic E-state index is 0.230. The van der Waals surface area contributed by atoms with Gasteiger partial charge in [-0.1, -0.05) is 12.8 Å². The highest BCUT2D eigenvalue weighted by Crippen LogP contribution is 2.24. The molecule has 1 aromatic rings. The van der Waals surface area contributed by atoms with Crippen LogP contribution in [0.5, 0.6) is 0 Å². The minimum atomic E-state index is 0.230. The summed E-state index contributed by atoms with van der Waals surface area (Å²) in [6.45, 7) is 2.64. The van der Waals surface area contributed by atoms with Crippen LogP contribution in [0.15, 0.2) is 6.20 Å². The monoisotopic (exact) mass is 221 g/mol. The van der Waals surface area contributed by atoms with Gasteiger partial charge in [-0.25, -0.2) is 4.98 Å². The highest BCUT2D eigenvalue weighted by molar-refractivity contribution is 5.78. The minimum Gasteiger partial charge on any atom is -0.355 e. The first-order valence-corrected chi connectivity index (χ1v) is 6.04. The van der Waals surface area contributed by atoms with E-state index < -0.39 is 0 Å². The van der Waals surface area contributed by atoms with Crippen LogP contribution in [-0.2, 0) is 11.2 Å². The fourth-order valence-corrected chi connectivity index (χ4v) is 2.25. The van der Waals surface area contributed by atoms with E-state index in [4.69, 9.17) is 0 Å². The van der Waals surface area contributed by atoms with Gasteiger partial charge < -0.3 is 10.3 Å². The maximum absolute atomic E-state index is 11.7. The molecule has 16 heavy (non-hydrogen) atoms. The molecule has 2 rings (SSSR count). The second kappa shape index (κ2) is 5.14. The Bertz CT molecular complexity index is 353. The van der Waals surface area contributed by atoms with Crippen LogP contribution in [-0.4, -0.2) is 22.4 Å². The molecule has 4 heteroatoms. The van der Waals surface area contributed by atoms with Gasteiger partial charge in [0.05, 0.1) is 0 Å². The SMILES string of the molecule is Cc1ncc(CCNC(=O)C2CCCC2)[nH]1. The highest BCUT2D eigenvalue weighted by atomic mass is 16.1. The lowest BCUT2D eigenvalue weighted by Crippen LogP contribution is -2.30. The zero-order chi connectivity index (χ0) is 11.4. The van der Waals surface area contributed by atoms with E-state index in [2.05, 4.69) is 15.3 Å². The molecule has 0 bridgehead atoms. The van der Waals surface area contributed by atoms with Crippen molar-refractivity contribution in [2.45, 2.75) is 39.0 Å². The molecule has 1 heterocycles. The normalized spacial score (nSPS) is 16.6. The first-order valence-electron chi connectivity index (χ1n) is 6.04. The van der Waals surface area contributed by atoms with Gasteiger partial charge >= 0.3 is 0 Å². The first-order chi connectivity index (χ1) is 7.75. The summed E-state index contributed by atoms with van der Waals surface area (Å²) < 4.78 is 0. The number of hydrogen-bond donors (Lipinski definition) is 2. The van der Waals surface area contributed by atoms with Gasteiger partial charge in [0.25, 0.3) is 0 Å². The van der Waals surface area contributed by atoms with Crippen LogP contribution in [0.2, 0.25) is 0 Å². The van der Waals surface area contributed by atoms with Crippen molar-refractivity contribution < 1.29 is 4.79 Å². The van der Waals surface area contributed by atoms with Gasteiger partial charge in [-0.2, -0.15) is 0 Å². The summed E-state index contributed by atoms with van der Waals surface area (Å²) in [5.74, 6) is 1.43. The number of amides is 1. The van der Waals surface area contributed by atoms with Crippen LogP contribution in [0.4, 0.5) is 0 Å². The maximum atomic E-state index is 11.7. The van der Waals surface area contributed by atoms with Crippen molar-refractivity contribution >= 4 is 5.91 Å². The molecule has 1 saturated carbocycles. The van der Waals surface area contributed by atoms with E-state index in [1.807, 2.05) is 13.1 Å². The number of carbonyl (C=O) groups is 1. The number of H-pyrrole nitrogens is 1. The molecule has 1 amide bonds. The molecule has 0 radical (unpaired) electrons. The third-order valence-corrected chi connectivity index (χ3v) is 3.18. The van der Waals surface area contributed by atoms with E-state index in [0.717, 1.165) is 30.8 Å². The van der Waals surface area contributed by atoms with Crippen molar-refractivity contribution in [1.29, 1.82) is 0 Å². The van der Waals surface area contributed by atoms with Crippen molar-refractivity contribution in [1.82, 2.24) is 15.3 Å². The molecular weight excluding hydrogens is 202 g/mol. The van der Waals surface area contributed by atoms with Crippen molar-refractivity contribution in [2.24, 2.45) is 5.92 Å². The molecule has 0 unspecified atom stereocenters. The van der Waals surface area contributed by atoms with Crippen LogP contribution < -0.4 is 5.32 Å². The molecule has 2 N–H and O–H groups in total. The zero-order valence-corrected chi connectivity index (χ0v) is 9.75. The van der Waals surface area contributed by atoms with E-state index >= 15 is 0 Å². The smallest absolute Gasteiger partial charge is 0.223 e. The van der Waals surface area contributed by atoms with E-state index in [9.17, 15) is 4.79 Å². The average Bonchev–Trinajstić information content (AvgIpc) is 2.89. The highest BCUT2D eigenvalue weighted by Gasteiger charge is 2.21. The summed E-state index contributed by atoms with van der Waals surface area (Å²) in [6.07, 6.45) is 7.20. The van der Waals surface area contributed by atoms with Crippen LogP contribution in [0.25, 0.3) is 0 Å². The van der Waals surface area contributed by atoms with Crippen molar-refractivity contribution in [3.63, 3.8) is 0 Å². The van der Waals surface area contributed by atoms with Crippen LogP contribution in [0.3, 0.4) is 0 Å². The second-order valence-electron chi connectivity index (χ2n) is 4.52. The van der Waals surface area contributed by atoms with E-state index in [-0.39, 0.29) is 11.8 Å². The van der Waals surface area contributed by atoms with Crippen molar-refractivity contribution in [3.05, 3.63) is 17.7 Å².